The fourth-order valence-corrected chi connectivity index (χ4v) is 1.41. The van der Waals surface area contributed by atoms with Gasteiger partial charge in [-0.1, -0.05) is 29.4 Å². The second-order valence-corrected chi connectivity index (χ2v) is 3.08. The highest BCUT2D eigenvalue weighted by molar-refractivity contribution is 5.61. The third-order valence-corrected chi connectivity index (χ3v) is 2.14. The molecule has 74 valence electrons. The number of benzene rings is 1. The van der Waals surface area contributed by atoms with Crippen molar-refractivity contribution in [2.24, 2.45) is 12.2 Å². The lowest BCUT2D eigenvalue weighted by molar-refractivity contribution is 0.776. The van der Waals surface area contributed by atoms with Crippen molar-refractivity contribution in [1.29, 1.82) is 0 Å². The molecule has 0 unspecified atom stereocenters. The highest BCUT2D eigenvalue weighted by Crippen LogP contribution is 2.21. The lowest BCUT2D eigenvalue weighted by Crippen LogP contribution is -1.92. The van der Waals surface area contributed by atoms with Crippen LogP contribution in [0.2, 0.25) is 0 Å². The molecular weight excluding hydrogens is 190 g/mol. The first-order chi connectivity index (χ1) is 7.31. The summed E-state index contributed by atoms with van der Waals surface area (Å²) in [6, 6.07) is 9.30. The van der Waals surface area contributed by atoms with Gasteiger partial charge in [0.25, 0.3) is 0 Å². The molecule has 1 aromatic carbocycles. The van der Waals surface area contributed by atoms with Crippen LogP contribution in [0.15, 0.2) is 41.6 Å². The smallest absolute Gasteiger partial charge is 0.0678 e. The van der Waals surface area contributed by atoms with Crippen molar-refractivity contribution < 1.29 is 0 Å². The molecule has 0 fully saturated rings. The van der Waals surface area contributed by atoms with E-state index in [1.54, 1.807) is 23.0 Å². The maximum absolute atomic E-state index is 8.26. The predicted octanol–water partition coefficient (Wildman–Crippen LogP) is 3.03. The van der Waals surface area contributed by atoms with Gasteiger partial charge in [-0.25, -0.2) is 0 Å². The monoisotopic (exact) mass is 199 g/mol. The van der Waals surface area contributed by atoms with Crippen molar-refractivity contribution in [1.82, 2.24) is 9.78 Å². The average Bonchev–Trinajstić information content (AvgIpc) is 2.66. The van der Waals surface area contributed by atoms with E-state index in [2.05, 4.69) is 15.1 Å². The quantitative estimate of drug-likeness (QED) is 0.416. The molecule has 0 saturated carbocycles. The molecule has 2 aromatic rings. The van der Waals surface area contributed by atoms with Crippen molar-refractivity contribution in [3.8, 4) is 11.3 Å². The molecule has 1 heterocycles. The predicted molar refractivity (Wildman–Crippen MR) is 57.5 cm³/mol. The Balaban J connectivity index is 2.40. The van der Waals surface area contributed by atoms with Crippen LogP contribution in [0.25, 0.3) is 21.7 Å². The number of nitrogens with zero attached hydrogens (tertiary/aromatic N) is 5. The Hall–Kier alpha value is -2.26. The van der Waals surface area contributed by atoms with Crippen LogP contribution in [-0.2, 0) is 7.05 Å². The maximum atomic E-state index is 8.26. The fourth-order valence-electron chi connectivity index (χ4n) is 1.41. The Labute approximate surface area is 86.6 Å². The number of hydrogen-bond donors (Lipinski definition) is 0. The first-order valence-corrected chi connectivity index (χ1v) is 4.45. The van der Waals surface area contributed by atoms with Crippen LogP contribution in [0, 0.1) is 0 Å². The summed E-state index contributed by atoms with van der Waals surface area (Å²) in [5, 5.41) is 7.60. The third kappa shape index (κ3) is 1.82. The minimum atomic E-state index is 0.614. The number of aryl methyl sites for hydroxylation is 1. The molecule has 0 atom stereocenters. The molecule has 0 bridgehead atoms. The minimum Gasteiger partial charge on any atom is -0.268 e. The van der Waals surface area contributed by atoms with Gasteiger partial charge in [0.1, 0.15) is 0 Å². The van der Waals surface area contributed by atoms with Crippen LogP contribution in [0.3, 0.4) is 0 Å². The molecule has 2 rings (SSSR count). The van der Waals surface area contributed by atoms with Gasteiger partial charge >= 0.3 is 0 Å². The zero-order chi connectivity index (χ0) is 10.7. The van der Waals surface area contributed by atoms with Gasteiger partial charge in [0.2, 0.25) is 0 Å². The Kier molecular flexibility index (Phi) is 2.39. The van der Waals surface area contributed by atoms with E-state index in [0.29, 0.717) is 5.69 Å². The molecule has 0 saturated heterocycles. The normalized spacial score (nSPS) is 9.67. The van der Waals surface area contributed by atoms with E-state index in [9.17, 15) is 0 Å². The molecule has 0 aliphatic heterocycles. The Bertz CT molecular complexity index is 505. The molecule has 0 aliphatic rings. The van der Waals surface area contributed by atoms with Gasteiger partial charge < -0.3 is 0 Å². The molecule has 0 N–H and O–H groups in total. The first kappa shape index (κ1) is 9.30. The van der Waals surface area contributed by atoms with Gasteiger partial charge in [-0.05, 0) is 17.2 Å². The highest BCUT2D eigenvalue weighted by atomic mass is 15.3. The molecule has 0 spiro atoms. The van der Waals surface area contributed by atoms with E-state index in [1.807, 2.05) is 25.2 Å². The van der Waals surface area contributed by atoms with Crippen molar-refractivity contribution in [3.63, 3.8) is 0 Å². The van der Waals surface area contributed by atoms with Gasteiger partial charge in [-0.3, -0.25) is 4.68 Å². The summed E-state index contributed by atoms with van der Waals surface area (Å²) < 4.78 is 1.79. The second kappa shape index (κ2) is 3.86. The molecule has 5 nitrogen and oxygen atoms in total. The Morgan fingerprint density at radius 3 is 2.53 bits per heavy atom. The minimum absolute atomic E-state index is 0.614. The van der Waals surface area contributed by atoms with Gasteiger partial charge in [-0.15, -0.1) is 0 Å². The number of hydrogen-bond acceptors (Lipinski definition) is 2. The standard InChI is InChI=1S/C10H9N5/c1-15-10(6-7-12-15)8-2-4-9(5-3-8)13-14-11/h2-7H,1H3. The van der Waals surface area contributed by atoms with E-state index >= 15 is 0 Å². The summed E-state index contributed by atoms with van der Waals surface area (Å²) in [6.07, 6.45) is 1.75. The number of azide groups is 1. The van der Waals surface area contributed by atoms with Crippen molar-refractivity contribution in [2.75, 3.05) is 0 Å². The highest BCUT2D eigenvalue weighted by Gasteiger charge is 2.01. The zero-order valence-electron chi connectivity index (χ0n) is 8.20. The SMILES string of the molecule is Cn1nccc1-c1ccc(N=[N+]=[N-])cc1. The average molecular weight is 199 g/mol. The van der Waals surface area contributed by atoms with Crippen LogP contribution >= 0.6 is 0 Å². The lowest BCUT2D eigenvalue weighted by Gasteiger charge is -2.01. The largest absolute Gasteiger partial charge is 0.268 e. The van der Waals surface area contributed by atoms with Gasteiger partial charge in [-0.2, -0.15) is 5.10 Å². The zero-order valence-corrected chi connectivity index (χ0v) is 8.20. The van der Waals surface area contributed by atoms with Crippen LogP contribution < -0.4 is 0 Å². The van der Waals surface area contributed by atoms with Gasteiger partial charge in [0.15, 0.2) is 0 Å². The topological polar surface area (TPSA) is 66.6 Å². The summed E-state index contributed by atoms with van der Waals surface area (Å²) in [7, 11) is 1.89. The maximum Gasteiger partial charge on any atom is 0.0678 e. The van der Waals surface area contributed by atoms with Crippen LogP contribution in [-0.4, -0.2) is 9.78 Å². The Morgan fingerprint density at radius 2 is 2.00 bits per heavy atom. The Morgan fingerprint density at radius 1 is 1.27 bits per heavy atom. The third-order valence-electron chi connectivity index (χ3n) is 2.14. The number of aromatic nitrogens is 2. The summed E-state index contributed by atoms with van der Waals surface area (Å²) in [5.74, 6) is 0. The molecule has 1 aromatic heterocycles. The first-order valence-electron chi connectivity index (χ1n) is 4.45. The lowest BCUT2D eigenvalue weighted by atomic mass is 10.1. The van der Waals surface area contributed by atoms with E-state index in [0.717, 1.165) is 11.3 Å². The van der Waals surface area contributed by atoms with Crippen molar-refractivity contribution >= 4 is 5.69 Å². The van der Waals surface area contributed by atoms with E-state index < -0.39 is 0 Å². The van der Waals surface area contributed by atoms with E-state index in [1.165, 1.54) is 0 Å². The summed E-state index contributed by atoms with van der Waals surface area (Å²) in [4.78, 5) is 2.72. The molecule has 0 radical (unpaired) electrons. The van der Waals surface area contributed by atoms with Crippen molar-refractivity contribution in [2.45, 2.75) is 0 Å². The van der Waals surface area contributed by atoms with Crippen LogP contribution in [0.5, 0.6) is 0 Å². The van der Waals surface area contributed by atoms with E-state index in [4.69, 9.17) is 5.53 Å². The number of rotatable bonds is 2. The van der Waals surface area contributed by atoms with Crippen LogP contribution in [0.1, 0.15) is 0 Å². The summed E-state index contributed by atoms with van der Waals surface area (Å²) >= 11 is 0. The van der Waals surface area contributed by atoms with Gasteiger partial charge in [0, 0.05) is 23.8 Å². The van der Waals surface area contributed by atoms with Crippen molar-refractivity contribution in [3.05, 3.63) is 47.0 Å². The summed E-state index contributed by atoms with van der Waals surface area (Å²) in [5.41, 5.74) is 11.0. The molecular formula is C10H9N5. The van der Waals surface area contributed by atoms with Gasteiger partial charge in [0.05, 0.1) is 5.69 Å². The molecule has 5 heteroatoms. The summed E-state index contributed by atoms with van der Waals surface area (Å²) in [6.45, 7) is 0. The molecule has 0 aliphatic carbocycles. The van der Waals surface area contributed by atoms with Crippen LogP contribution in [0.4, 0.5) is 5.69 Å². The van der Waals surface area contributed by atoms with E-state index in [-0.39, 0.29) is 0 Å². The second-order valence-electron chi connectivity index (χ2n) is 3.08. The molecule has 15 heavy (non-hydrogen) atoms. The fraction of sp³-hybridized carbons (Fsp3) is 0.100. The molecule has 0 amide bonds.